The topological polar surface area (TPSA) is 6.25 Å². The minimum atomic E-state index is 0.369. The van der Waals surface area contributed by atoms with E-state index in [1.54, 1.807) is 0 Å². The van der Waals surface area contributed by atoms with E-state index in [1.807, 2.05) is 0 Å². The van der Waals surface area contributed by atoms with Gasteiger partial charge in [0.1, 0.15) is 0 Å². The quantitative estimate of drug-likeness (QED) is 0.665. The van der Waals surface area contributed by atoms with Gasteiger partial charge in [-0.2, -0.15) is 0 Å². The first-order valence-electron chi connectivity index (χ1n) is 10.7. The Kier molecular flexibility index (Phi) is 3.94. The van der Waals surface area contributed by atoms with E-state index >= 15 is 0 Å². The Labute approximate surface area is 150 Å². The summed E-state index contributed by atoms with van der Waals surface area (Å²) in [6, 6.07) is 0. The minimum absolute atomic E-state index is 0.369. The first kappa shape index (κ1) is 17.3. The van der Waals surface area contributed by atoms with E-state index in [9.17, 15) is 0 Å². The zero-order valence-electron chi connectivity index (χ0n) is 17.0. The molecule has 2 heteroatoms. The van der Waals surface area contributed by atoms with Crippen LogP contribution in [0, 0.1) is 11.3 Å². The highest BCUT2D eigenvalue weighted by atomic mass is 15.4. The van der Waals surface area contributed by atoms with Crippen LogP contribution in [0.15, 0.2) is 0 Å². The van der Waals surface area contributed by atoms with Crippen LogP contribution in [0.1, 0.15) is 92.4 Å². The number of hydrogen-bond acceptors (Lipinski definition) is 2. The zero-order chi connectivity index (χ0) is 17.2. The number of likely N-dealkylation sites (tertiary alicyclic amines) is 1. The van der Waals surface area contributed by atoms with Gasteiger partial charge < -0.3 is 0 Å². The Bertz CT molecular complexity index is 485. The van der Waals surface area contributed by atoms with Gasteiger partial charge in [0, 0.05) is 29.7 Å². The number of piperidine rings is 1. The smallest absolute Gasteiger partial charge is 0.0345 e. The Balaban J connectivity index is 1.35. The molecule has 0 N–H and O–H groups in total. The van der Waals surface area contributed by atoms with E-state index in [1.165, 1.54) is 77.4 Å². The van der Waals surface area contributed by atoms with Crippen LogP contribution < -0.4 is 0 Å². The maximum absolute atomic E-state index is 2.88. The van der Waals surface area contributed by atoms with Gasteiger partial charge in [0.05, 0.1) is 0 Å². The molecule has 2 saturated heterocycles. The SMILES string of the molecule is CC(C)(C)N1CC12CCC(CC(C)(C)N1CCCC3(CCC3)C1)C2. The number of nitrogens with zero attached hydrogens (tertiary/aromatic N) is 2. The molecule has 0 aromatic heterocycles. The van der Waals surface area contributed by atoms with E-state index in [2.05, 4.69) is 44.4 Å². The minimum Gasteiger partial charge on any atom is -0.298 e. The lowest BCUT2D eigenvalue weighted by molar-refractivity contribution is -0.0334. The van der Waals surface area contributed by atoms with Crippen LogP contribution >= 0.6 is 0 Å². The van der Waals surface area contributed by atoms with E-state index < -0.39 is 0 Å². The Morgan fingerprint density at radius 1 is 0.917 bits per heavy atom. The highest BCUT2D eigenvalue weighted by molar-refractivity contribution is 5.15. The molecule has 2 spiro atoms. The third-order valence-electron chi connectivity index (χ3n) is 8.14. The zero-order valence-corrected chi connectivity index (χ0v) is 17.0. The summed E-state index contributed by atoms with van der Waals surface area (Å²) in [6.07, 6.45) is 13.3. The van der Waals surface area contributed by atoms with Gasteiger partial charge in [0.25, 0.3) is 0 Å². The van der Waals surface area contributed by atoms with Gasteiger partial charge in [0.2, 0.25) is 0 Å². The summed E-state index contributed by atoms with van der Waals surface area (Å²) < 4.78 is 0. The van der Waals surface area contributed by atoms with E-state index in [4.69, 9.17) is 0 Å². The van der Waals surface area contributed by atoms with Crippen LogP contribution in [0.5, 0.6) is 0 Å². The van der Waals surface area contributed by atoms with Gasteiger partial charge in [-0.05, 0) is 104 Å². The van der Waals surface area contributed by atoms with Crippen LogP contribution in [0.25, 0.3) is 0 Å². The summed E-state index contributed by atoms with van der Waals surface area (Å²) in [5.41, 5.74) is 2.09. The van der Waals surface area contributed by atoms with E-state index in [0.29, 0.717) is 16.6 Å². The van der Waals surface area contributed by atoms with Gasteiger partial charge in [-0.25, -0.2) is 0 Å². The lowest BCUT2D eigenvalue weighted by Crippen LogP contribution is -2.55. The molecule has 0 radical (unpaired) electrons. The molecule has 0 aromatic rings. The summed E-state index contributed by atoms with van der Waals surface area (Å²) in [7, 11) is 0. The maximum atomic E-state index is 2.88. The summed E-state index contributed by atoms with van der Waals surface area (Å²) in [5.74, 6) is 0.951. The maximum Gasteiger partial charge on any atom is 0.0345 e. The number of rotatable bonds is 3. The van der Waals surface area contributed by atoms with Crippen molar-refractivity contribution in [3.8, 4) is 0 Å². The standard InChI is InChI=1S/C22H40N2/c1-19(2,3)24-17-22(24)12-8-18(15-22)14-20(4,5)23-13-7-11-21(16-23)9-6-10-21/h18H,6-17H2,1-5H3. The van der Waals surface area contributed by atoms with Crippen LogP contribution in [0.3, 0.4) is 0 Å². The van der Waals surface area contributed by atoms with Crippen molar-refractivity contribution < 1.29 is 0 Å². The largest absolute Gasteiger partial charge is 0.298 e. The highest BCUT2D eigenvalue weighted by Gasteiger charge is 2.59. The van der Waals surface area contributed by atoms with Crippen LogP contribution in [-0.2, 0) is 0 Å². The molecule has 4 fully saturated rings. The lowest BCUT2D eigenvalue weighted by Gasteiger charge is -2.53. The summed E-state index contributed by atoms with van der Waals surface area (Å²) >= 11 is 0. The third kappa shape index (κ3) is 2.96. The fraction of sp³-hybridized carbons (Fsp3) is 1.00. The highest BCUT2D eigenvalue weighted by Crippen LogP contribution is 2.55. The predicted molar refractivity (Wildman–Crippen MR) is 102 cm³/mol. The molecule has 138 valence electrons. The second-order valence-electron chi connectivity index (χ2n) is 11.5. The molecule has 0 amide bonds. The number of hydrogen-bond donors (Lipinski definition) is 0. The molecule has 2 saturated carbocycles. The normalized spacial score (nSPS) is 39.4. The molecule has 24 heavy (non-hydrogen) atoms. The first-order chi connectivity index (χ1) is 11.1. The molecule has 0 bridgehead atoms. The first-order valence-corrected chi connectivity index (χ1v) is 10.7. The van der Waals surface area contributed by atoms with Crippen molar-refractivity contribution in [1.29, 1.82) is 0 Å². The van der Waals surface area contributed by atoms with E-state index in [-0.39, 0.29) is 0 Å². The van der Waals surface area contributed by atoms with Crippen molar-refractivity contribution in [1.82, 2.24) is 9.80 Å². The molecule has 2 aliphatic carbocycles. The summed E-state index contributed by atoms with van der Waals surface area (Å²) in [5, 5.41) is 0. The van der Waals surface area contributed by atoms with Crippen LogP contribution in [-0.4, -0.2) is 46.1 Å². The Morgan fingerprint density at radius 3 is 2.21 bits per heavy atom. The average Bonchev–Trinajstić information content (AvgIpc) is 3.04. The third-order valence-corrected chi connectivity index (χ3v) is 8.14. The summed E-state index contributed by atoms with van der Waals surface area (Å²) in [6.45, 7) is 16.4. The molecule has 2 aliphatic heterocycles. The van der Waals surface area contributed by atoms with Crippen molar-refractivity contribution in [3.05, 3.63) is 0 Å². The second-order valence-corrected chi connectivity index (χ2v) is 11.5. The molecular weight excluding hydrogens is 292 g/mol. The fourth-order valence-electron chi connectivity index (χ4n) is 6.63. The van der Waals surface area contributed by atoms with Gasteiger partial charge >= 0.3 is 0 Å². The second kappa shape index (κ2) is 5.46. The molecule has 0 aromatic carbocycles. The Morgan fingerprint density at radius 2 is 1.62 bits per heavy atom. The molecule has 4 rings (SSSR count). The summed E-state index contributed by atoms with van der Waals surface area (Å²) in [4.78, 5) is 5.66. The van der Waals surface area contributed by atoms with E-state index in [0.717, 1.165) is 11.3 Å². The van der Waals surface area contributed by atoms with Crippen LogP contribution in [0.2, 0.25) is 0 Å². The monoisotopic (exact) mass is 332 g/mol. The molecular formula is C22H40N2. The Hall–Kier alpha value is -0.0800. The van der Waals surface area contributed by atoms with Gasteiger partial charge in [0.15, 0.2) is 0 Å². The fourth-order valence-corrected chi connectivity index (χ4v) is 6.63. The molecule has 2 heterocycles. The predicted octanol–water partition coefficient (Wildman–Crippen LogP) is 5.07. The molecule has 3 atom stereocenters. The lowest BCUT2D eigenvalue weighted by atomic mass is 9.63. The average molecular weight is 333 g/mol. The van der Waals surface area contributed by atoms with Gasteiger partial charge in [-0.3, -0.25) is 9.80 Å². The van der Waals surface area contributed by atoms with Gasteiger partial charge in [-0.15, -0.1) is 0 Å². The van der Waals surface area contributed by atoms with Gasteiger partial charge in [-0.1, -0.05) is 6.42 Å². The molecule has 4 aliphatic rings. The van der Waals surface area contributed by atoms with Crippen molar-refractivity contribution >= 4 is 0 Å². The molecule has 3 unspecified atom stereocenters. The van der Waals surface area contributed by atoms with Crippen molar-refractivity contribution in [2.24, 2.45) is 11.3 Å². The van der Waals surface area contributed by atoms with Crippen LogP contribution in [0.4, 0.5) is 0 Å². The van der Waals surface area contributed by atoms with Crippen molar-refractivity contribution in [3.63, 3.8) is 0 Å². The molecule has 2 nitrogen and oxygen atoms in total. The van der Waals surface area contributed by atoms with Crippen molar-refractivity contribution in [2.45, 2.75) is 109 Å². The van der Waals surface area contributed by atoms with Crippen molar-refractivity contribution in [2.75, 3.05) is 19.6 Å².